The molecule has 0 radical (unpaired) electrons. The summed E-state index contributed by atoms with van der Waals surface area (Å²) < 4.78 is 15.2. The van der Waals surface area contributed by atoms with Crippen molar-refractivity contribution >= 4 is 23.2 Å². The second-order valence-electron chi connectivity index (χ2n) is 4.15. The molecule has 0 bridgehead atoms. The number of nitrogens with one attached hydrogen (secondary N) is 1. The monoisotopic (exact) mass is 267 g/mol. The van der Waals surface area contributed by atoms with Gasteiger partial charge in [0.1, 0.15) is 5.82 Å². The van der Waals surface area contributed by atoms with Gasteiger partial charge in [-0.1, -0.05) is 18.5 Å². The lowest BCUT2D eigenvalue weighted by molar-refractivity contribution is 0.628. The molecular formula is C13H15ClFN3. The third-order valence-electron chi connectivity index (χ3n) is 2.54. The Morgan fingerprint density at radius 3 is 2.94 bits per heavy atom. The summed E-state index contributed by atoms with van der Waals surface area (Å²) in [5.41, 5.74) is 1.44. The minimum atomic E-state index is -0.327. The van der Waals surface area contributed by atoms with Crippen LogP contribution in [0.15, 0.2) is 24.4 Å². The summed E-state index contributed by atoms with van der Waals surface area (Å²) in [6.45, 7) is 4.87. The topological polar surface area (TPSA) is 29.9 Å². The van der Waals surface area contributed by atoms with Crippen LogP contribution in [0.5, 0.6) is 0 Å². The van der Waals surface area contributed by atoms with Crippen molar-refractivity contribution in [3.05, 3.63) is 40.9 Å². The van der Waals surface area contributed by atoms with E-state index >= 15 is 0 Å². The third-order valence-corrected chi connectivity index (χ3v) is 2.87. The number of benzene rings is 1. The van der Waals surface area contributed by atoms with Crippen molar-refractivity contribution in [3.8, 4) is 0 Å². The number of imidazole rings is 1. The zero-order valence-electron chi connectivity index (χ0n) is 10.4. The van der Waals surface area contributed by atoms with Crippen LogP contribution in [0.2, 0.25) is 5.02 Å². The van der Waals surface area contributed by atoms with Crippen molar-refractivity contribution in [2.45, 2.75) is 26.8 Å². The summed E-state index contributed by atoms with van der Waals surface area (Å²) in [7, 11) is 0. The maximum atomic E-state index is 13.2. The molecule has 2 aromatic rings. The van der Waals surface area contributed by atoms with Crippen LogP contribution in [-0.4, -0.2) is 9.55 Å². The highest BCUT2D eigenvalue weighted by molar-refractivity contribution is 6.33. The maximum Gasteiger partial charge on any atom is 0.207 e. The zero-order chi connectivity index (χ0) is 13.1. The Labute approximate surface area is 111 Å². The highest BCUT2D eigenvalue weighted by Crippen LogP contribution is 2.26. The van der Waals surface area contributed by atoms with Crippen molar-refractivity contribution in [1.29, 1.82) is 0 Å². The summed E-state index contributed by atoms with van der Waals surface area (Å²) in [5.74, 6) is 0.356. The highest BCUT2D eigenvalue weighted by atomic mass is 35.5. The van der Waals surface area contributed by atoms with Crippen molar-refractivity contribution in [2.75, 3.05) is 5.32 Å². The van der Waals surface area contributed by atoms with Crippen LogP contribution in [0.4, 0.5) is 16.0 Å². The standard InChI is InChI=1S/C13H15ClFN3/c1-3-6-18-8-9(2)16-13(18)17-12-7-10(15)4-5-11(12)14/h4-5,7-8H,3,6H2,1-2H3,(H,16,17). The first-order valence-corrected chi connectivity index (χ1v) is 6.23. The van der Waals surface area contributed by atoms with E-state index in [0.29, 0.717) is 16.7 Å². The Morgan fingerprint density at radius 1 is 1.44 bits per heavy atom. The van der Waals surface area contributed by atoms with Gasteiger partial charge in [0, 0.05) is 12.7 Å². The normalized spacial score (nSPS) is 10.7. The Balaban J connectivity index is 2.30. The molecule has 0 spiro atoms. The molecule has 1 aromatic heterocycles. The number of hydrogen-bond donors (Lipinski definition) is 1. The fourth-order valence-corrected chi connectivity index (χ4v) is 1.94. The van der Waals surface area contributed by atoms with E-state index in [2.05, 4.69) is 17.2 Å². The minimum Gasteiger partial charge on any atom is -0.324 e. The minimum absolute atomic E-state index is 0.327. The lowest BCUT2D eigenvalue weighted by Gasteiger charge is -2.10. The Bertz CT molecular complexity index is 551. The van der Waals surface area contributed by atoms with Gasteiger partial charge in [-0.15, -0.1) is 0 Å². The van der Waals surface area contributed by atoms with E-state index in [4.69, 9.17) is 11.6 Å². The fourth-order valence-electron chi connectivity index (χ4n) is 1.77. The molecule has 0 aliphatic rings. The molecule has 1 N–H and O–H groups in total. The van der Waals surface area contributed by atoms with Gasteiger partial charge in [0.25, 0.3) is 0 Å². The smallest absolute Gasteiger partial charge is 0.207 e. The molecule has 96 valence electrons. The van der Waals surface area contributed by atoms with Crippen LogP contribution in [-0.2, 0) is 6.54 Å². The van der Waals surface area contributed by atoms with Crippen LogP contribution < -0.4 is 5.32 Å². The molecule has 0 saturated carbocycles. The maximum absolute atomic E-state index is 13.2. The molecule has 0 saturated heterocycles. The zero-order valence-corrected chi connectivity index (χ0v) is 11.1. The van der Waals surface area contributed by atoms with Gasteiger partial charge in [0.05, 0.1) is 16.4 Å². The first-order valence-electron chi connectivity index (χ1n) is 5.86. The summed E-state index contributed by atoms with van der Waals surface area (Å²) in [6.07, 6.45) is 2.96. The fraction of sp³-hybridized carbons (Fsp3) is 0.308. The number of hydrogen-bond acceptors (Lipinski definition) is 2. The van der Waals surface area contributed by atoms with Gasteiger partial charge in [-0.05, 0) is 31.5 Å². The molecule has 1 heterocycles. The van der Waals surface area contributed by atoms with Crippen molar-refractivity contribution in [2.24, 2.45) is 0 Å². The average Bonchev–Trinajstić information content (AvgIpc) is 2.65. The van der Waals surface area contributed by atoms with E-state index in [1.54, 1.807) is 0 Å². The lowest BCUT2D eigenvalue weighted by Crippen LogP contribution is -2.03. The number of anilines is 2. The Kier molecular flexibility index (Phi) is 3.87. The van der Waals surface area contributed by atoms with Crippen LogP contribution in [0.25, 0.3) is 0 Å². The van der Waals surface area contributed by atoms with E-state index in [-0.39, 0.29) is 5.82 Å². The van der Waals surface area contributed by atoms with Gasteiger partial charge < -0.3 is 9.88 Å². The SMILES string of the molecule is CCCn1cc(C)nc1Nc1cc(F)ccc1Cl. The van der Waals surface area contributed by atoms with Crippen molar-refractivity contribution < 1.29 is 4.39 Å². The molecule has 0 aliphatic carbocycles. The molecule has 0 aliphatic heterocycles. The molecule has 0 amide bonds. The second kappa shape index (κ2) is 5.40. The van der Waals surface area contributed by atoms with Crippen LogP contribution in [0.1, 0.15) is 19.0 Å². The molecule has 1 aromatic carbocycles. The van der Waals surface area contributed by atoms with Gasteiger partial charge in [-0.25, -0.2) is 9.37 Å². The summed E-state index contributed by atoms with van der Waals surface area (Å²) in [5, 5.41) is 3.54. The van der Waals surface area contributed by atoms with Gasteiger partial charge in [0.15, 0.2) is 0 Å². The van der Waals surface area contributed by atoms with Crippen molar-refractivity contribution in [3.63, 3.8) is 0 Å². The van der Waals surface area contributed by atoms with E-state index in [9.17, 15) is 4.39 Å². The summed E-state index contributed by atoms with van der Waals surface area (Å²) in [6, 6.07) is 4.22. The molecule has 2 rings (SSSR count). The molecule has 3 nitrogen and oxygen atoms in total. The van der Waals surface area contributed by atoms with Crippen LogP contribution in [0, 0.1) is 12.7 Å². The summed E-state index contributed by atoms with van der Waals surface area (Å²) in [4.78, 5) is 4.37. The van der Waals surface area contributed by atoms with Crippen LogP contribution in [0.3, 0.4) is 0 Å². The van der Waals surface area contributed by atoms with Gasteiger partial charge in [-0.2, -0.15) is 0 Å². The third kappa shape index (κ3) is 2.82. The predicted molar refractivity (Wildman–Crippen MR) is 71.9 cm³/mol. The number of halogens is 2. The van der Waals surface area contributed by atoms with Crippen LogP contribution >= 0.6 is 11.6 Å². The molecular weight excluding hydrogens is 253 g/mol. The first-order chi connectivity index (χ1) is 8.60. The number of nitrogens with zero attached hydrogens (tertiary/aromatic N) is 2. The predicted octanol–water partition coefficient (Wildman–Crippen LogP) is 4.14. The molecule has 5 heteroatoms. The van der Waals surface area contributed by atoms with Crippen molar-refractivity contribution in [1.82, 2.24) is 9.55 Å². The molecule has 0 unspecified atom stereocenters. The molecule has 18 heavy (non-hydrogen) atoms. The second-order valence-corrected chi connectivity index (χ2v) is 4.56. The van der Waals surface area contributed by atoms with Gasteiger partial charge in [-0.3, -0.25) is 0 Å². The number of aromatic nitrogens is 2. The quantitative estimate of drug-likeness (QED) is 0.902. The van der Waals surface area contributed by atoms with E-state index in [0.717, 1.165) is 18.7 Å². The number of aryl methyl sites for hydroxylation is 2. The lowest BCUT2D eigenvalue weighted by atomic mass is 10.3. The van der Waals surface area contributed by atoms with E-state index in [1.807, 2.05) is 17.7 Å². The van der Waals surface area contributed by atoms with Gasteiger partial charge >= 0.3 is 0 Å². The molecule has 0 fully saturated rings. The molecule has 0 atom stereocenters. The number of rotatable bonds is 4. The Morgan fingerprint density at radius 2 is 2.22 bits per heavy atom. The highest BCUT2D eigenvalue weighted by Gasteiger charge is 2.08. The Hall–Kier alpha value is -1.55. The van der Waals surface area contributed by atoms with E-state index < -0.39 is 0 Å². The summed E-state index contributed by atoms with van der Waals surface area (Å²) >= 11 is 6.02. The first kappa shape index (κ1) is 12.9. The average molecular weight is 268 g/mol. The van der Waals surface area contributed by atoms with Gasteiger partial charge in [0.2, 0.25) is 5.95 Å². The van der Waals surface area contributed by atoms with E-state index in [1.165, 1.54) is 18.2 Å². The largest absolute Gasteiger partial charge is 0.324 e.